The Morgan fingerprint density at radius 2 is 1.59 bits per heavy atom. The lowest BCUT2D eigenvalue weighted by molar-refractivity contribution is 0.0599. The lowest BCUT2D eigenvalue weighted by atomic mass is 10.1. The van der Waals surface area contributed by atoms with Crippen LogP contribution in [-0.4, -0.2) is 47.6 Å². The molecule has 2 N–H and O–H groups in total. The van der Waals surface area contributed by atoms with Gasteiger partial charge in [0.15, 0.2) is 0 Å². The molecule has 32 heavy (non-hydrogen) atoms. The molecule has 0 fully saturated rings. The van der Waals surface area contributed by atoms with Gasteiger partial charge in [-0.05, 0) is 42.8 Å². The highest BCUT2D eigenvalue weighted by Gasteiger charge is 2.18. The molecule has 0 radical (unpaired) electrons. The van der Waals surface area contributed by atoms with E-state index in [-0.39, 0.29) is 21.6 Å². The molecule has 9 nitrogen and oxygen atoms in total. The Morgan fingerprint density at radius 1 is 0.969 bits per heavy atom. The fraction of sp³-hybridized carbons (Fsp3) is 0.0952. The zero-order valence-corrected chi connectivity index (χ0v) is 19.3. The van der Waals surface area contributed by atoms with Crippen LogP contribution in [0.5, 0.6) is 0 Å². The van der Waals surface area contributed by atoms with Crippen molar-refractivity contribution in [3.8, 4) is 0 Å². The van der Waals surface area contributed by atoms with Gasteiger partial charge in [0.1, 0.15) is 0 Å². The maximum Gasteiger partial charge on any atom is 0.339 e. The molecule has 1 heterocycles. The van der Waals surface area contributed by atoms with Crippen molar-refractivity contribution in [2.45, 2.75) is 11.8 Å². The van der Waals surface area contributed by atoms with Crippen LogP contribution in [0.2, 0.25) is 0 Å². The van der Waals surface area contributed by atoms with E-state index in [1.54, 1.807) is 25.1 Å². The van der Waals surface area contributed by atoms with Gasteiger partial charge in [0.05, 0.1) is 28.7 Å². The Bertz CT molecular complexity index is 1270. The second-order valence-corrected chi connectivity index (χ2v) is 8.98. The fourth-order valence-corrected chi connectivity index (χ4v) is 4.18. The van der Waals surface area contributed by atoms with E-state index in [1.165, 1.54) is 43.8 Å². The molecule has 0 bridgehead atoms. The first-order valence-corrected chi connectivity index (χ1v) is 11.1. The number of aromatic nitrogens is 1. The zero-order chi connectivity index (χ0) is 24.1. The maximum absolute atomic E-state index is 12.2. The van der Waals surface area contributed by atoms with Gasteiger partial charge in [-0.1, -0.05) is 34.1 Å². The summed E-state index contributed by atoms with van der Waals surface area (Å²) in [7, 11) is -2.41. The maximum atomic E-state index is 12.2. The van der Waals surface area contributed by atoms with Crippen molar-refractivity contribution >= 4 is 43.9 Å². The van der Waals surface area contributed by atoms with E-state index in [9.17, 15) is 22.8 Å². The topological polar surface area (TPSA) is 140 Å². The van der Waals surface area contributed by atoms with Crippen LogP contribution in [0.25, 0.3) is 0 Å². The number of nitrogens with zero attached hydrogens (tertiary/aromatic N) is 1. The molecule has 11 heteroatoms. The van der Waals surface area contributed by atoms with E-state index >= 15 is 0 Å². The molecule has 3 aromatic rings. The molecule has 0 unspecified atom stereocenters. The second-order valence-electron chi connectivity index (χ2n) is 6.28. The molecular weight excluding hydrogens is 506 g/mol. The van der Waals surface area contributed by atoms with Crippen molar-refractivity contribution in [3.05, 3.63) is 87.7 Å². The minimum atomic E-state index is -3.65. The number of ether oxygens (including phenoxy) is 1. The van der Waals surface area contributed by atoms with Gasteiger partial charge in [0.25, 0.3) is 10.0 Å². The number of hydrogen-bond donors (Lipinski definition) is 2. The minimum Gasteiger partial charge on any atom is -0.478 e. The van der Waals surface area contributed by atoms with Crippen LogP contribution < -0.4 is 0 Å². The number of hydrogen-bond acceptors (Lipinski definition) is 6. The highest BCUT2D eigenvalue weighted by molar-refractivity contribution is 9.10. The average Bonchev–Trinajstić information content (AvgIpc) is 3.27. The monoisotopic (exact) mass is 523 g/mol. The van der Waals surface area contributed by atoms with E-state index in [4.69, 9.17) is 10.2 Å². The van der Waals surface area contributed by atoms with Crippen LogP contribution in [0.4, 0.5) is 0 Å². The molecular formula is C21H18BrNO8S. The minimum absolute atomic E-state index is 0.00299. The quantitative estimate of drug-likeness (QED) is 0.482. The Morgan fingerprint density at radius 3 is 2.12 bits per heavy atom. The van der Waals surface area contributed by atoms with E-state index in [2.05, 4.69) is 20.7 Å². The molecule has 0 saturated carbocycles. The number of carboxylic acids is 2. The number of benzene rings is 2. The summed E-state index contributed by atoms with van der Waals surface area (Å²) in [4.78, 5) is 32.8. The predicted molar refractivity (Wildman–Crippen MR) is 118 cm³/mol. The van der Waals surface area contributed by atoms with Gasteiger partial charge in [-0.3, -0.25) is 0 Å². The van der Waals surface area contributed by atoms with Gasteiger partial charge in [-0.25, -0.2) is 26.8 Å². The SMILES string of the molecule is COC(=O)c1ccn(S(=O)(=O)c2ccccc2)c1.Cc1c(Br)cc(C(=O)O)cc1C(=O)O. The number of aromatic carboxylic acids is 2. The largest absolute Gasteiger partial charge is 0.478 e. The smallest absolute Gasteiger partial charge is 0.339 e. The lowest BCUT2D eigenvalue weighted by Gasteiger charge is -2.04. The zero-order valence-electron chi connectivity index (χ0n) is 16.9. The van der Waals surface area contributed by atoms with E-state index in [0.717, 1.165) is 10.0 Å². The molecule has 0 saturated heterocycles. The summed E-state index contributed by atoms with van der Waals surface area (Å²) >= 11 is 3.11. The van der Waals surface area contributed by atoms with Gasteiger partial charge >= 0.3 is 17.9 Å². The number of methoxy groups -OCH3 is 1. The first kappa shape index (κ1) is 24.8. The normalized spacial score (nSPS) is 10.6. The second kappa shape index (κ2) is 10.2. The van der Waals surface area contributed by atoms with Gasteiger partial charge in [0.2, 0.25) is 0 Å². The summed E-state index contributed by atoms with van der Waals surface area (Å²) in [5, 5.41) is 17.5. The molecule has 2 aromatic carbocycles. The third-order valence-electron chi connectivity index (χ3n) is 4.23. The number of carbonyl (C=O) groups excluding carboxylic acids is 1. The number of carbonyl (C=O) groups is 3. The standard InChI is InChI=1S/C12H11NO4S.C9H7BrO4/c1-17-12(14)10-7-8-13(9-10)18(15,16)11-5-3-2-4-6-11;1-4-6(9(13)14)2-5(8(11)12)3-7(4)10/h2-9H,1H3;2-3H,1H3,(H,11,12)(H,13,14). The molecule has 3 rings (SSSR count). The summed E-state index contributed by atoms with van der Waals surface area (Å²) in [5.74, 6) is -2.85. The van der Waals surface area contributed by atoms with Crippen LogP contribution in [-0.2, 0) is 14.8 Å². The van der Waals surface area contributed by atoms with Crippen molar-refractivity contribution in [1.82, 2.24) is 3.97 Å². The van der Waals surface area contributed by atoms with Gasteiger partial charge in [0, 0.05) is 16.9 Å². The van der Waals surface area contributed by atoms with Crippen LogP contribution >= 0.6 is 15.9 Å². The molecule has 1 aromatic heterocycles. The van der Waals surface area contributed by atoms with Crippen molar-refractivity contribution in [2.75, 3.05) is 7.11 Å². The number of halogens is 1. The summed E-state index contributed by atoms with van der Waals surface area (Å²) in [5.41, 5.74) is 0.663. The third kappa shape index (κ3) is 5.62. The molecule has 0 spiro atoms. The average molecular weight is 524 g/mol. The van der Waals surface area contributed by atoms with Gasteiger partial charge in [-0.15, -0.1) is 0 Å². The Balaban J connectivity index is 0.000000235. The molecule has 0 aliphatic heterocycles. The van der Waals surface area contributed by atoms with Crippen molar-refractivity contribution in [2.24, 2.45) is 0 Å². The van der Waals surface area contributed by atoms with Crippen molar-refractivity contribution in [1.29, 1.82) is 0 Å². The van der Waals surface area contributed by atoms with Gasteiger partial charge in [-0.2, -0.15) is 0 Å². The van der Waals surface area contributed by atoms with Crippen molar-refractivity contribution in [3.63, 3.8) is 0 Å². The predicted octanol–water partition coefficient (Wildman–Crippen LogP) is 3.67. The van der Waals surface area contributed by atoms with Crippen LogP contribution in [0.15, 0.2) is 70.3 Å². The van der Waals surface area contributed by atoms with E-state index in [1.807, 2.05) is 0 Å². The lowest BCUT2D eigenvalue weighted by Crippen LogP contribution is -2.11. The number of carboxylic acid groups (broad SMARTS) is 2. The van der Waals surface area contributed by atoms with Crippen LogP contribution in [0.3, 0.4) is 0 Å². The number of rotatable bonds is 5. The Labute approximate surface area is 192 Å². The van der Waals surface area contributed by atoms with Crippen molar-refractivity contribution < 1.29 is 37.8 Å². The summed E-state index contributed by atoms with van der Waals surface area (Å²) in [6.07, 6.45) is 2.54. The summed E-state index contributed by atoms with van der Waals surface area (Å²) in [6.45, 7) is 1.61. The molecule has 168 valence electrons. The Hall–Kier alpha value is -3.44. The van der Waals surface area contributed by atoms with Crippen LogP contribution in [0.1, 0.15) is 36.6 Å². The summed E-state index contributed by atoms with van der Waals surface area (Å²) < 4.78 is 30.3. The van der Waals surface area contributed by atoms with Gasteiger partial charge < -0.3 is 14.9 Å². The first-order chi connectivity index (χ1) is 15.0. The Kier molecular flexibility index (Phi) is 7.95. The third-order valence-corrected chi connectivity index (χ3v) is 6.70. The van der Waals surface area contributed by atoms with E-state index in [0.29, 0.717) is 10.0 Å². The molecule has 0 atom stereocenters. The molecule has 0 aliphatic carbocycles. The van der Waals surface area contributed by atoms with Crippen LogP contribution in [0, 0.1) is 6.92 Å². The highest BCUT2D eigenvalue weighted by Crippen LogP contribution is 2.22. The molecule has 0 amide bonds. The highest BCUT2D eigenvalue weighted by atomic mass is 79.9. The molecule has 0 aliphatic rings. The fourth-order valence-electron chi connectivity index (χ4n) is 2.50. The first-order valence-electron chi connectivity index (χ1n) is 8.82. The van der Waals surface area contributed by atoms with E-state index < -0.39 is 27.9 Å². The number of esters is 1. The summed E-state index contributed by atoms with van der Waals surface area (Å²) in [6, 6.07) is 11.9.